The van der Waals surface area contributed by atoms with E-state index >= 15 is 0 Å². The number of benzene rings is 1. The zero-order valence-corrected chi connectivity index (χ0v) is 16.1. The van der Waals surface area contributed by atoms with E-state index in [0.717, 1.165) is 12.7 Å². The van der Waals surface area contributed by atoms with Crippen molar-refractivity contribution < 1.29 is 33.8 Å². The third kappa shape index (κ3) is 6.46. The summed E-state index contributed by atoms with van der Waals surface area (Å²) in [5, 5.41) is 14.0. The van der Waals surface area contributed by atoms with Crippen molar-refractivity contribution >= 4 is 23.9 Å². The van der Waals surface area contributed by atoms with Gasteiger partial charge in [0.15, 0.2) is 6.04 Å². The molecule has 0 aliphatic carbocycles. The van der Waals surface area contributed by atoms with Crippen molar-refractivity contribution in [2.24, 2.45) is 0 Å². The number of carbonyl (C=O) groups is 4. The van der Waals surface area contributed by atoms with Gasteiger partial charge in [0, 0.05) is 6.54 Å². The first-order chi connectivity index (χ1) is 14.0. The molecule has 1 aliphatic heterocycles. The molecule has 10 heteroatoms. The molecule has 0 aromatic heterocycles. The molecule has 0 unspecified atom stereocenters. The summed E-state index contributed by atoms with van der Waals surface area (Å²) in [7, 11) is 1.14. The number of likely N-dealkylation sites (tertiary alicyclic amines) is 1. The third-order valence-electron chi connectivity index (χ3n) is 4.46. The van der Waals surface area contributed by atoms with E-state index in [1.54, 1.807) is 12.1 Å². The van der Waals surface area contributed by atoms with E-state index in [1.807, 2.05) is 18.2 Å². The summed E-state index contributed by atoms with van der Waals surface area (Å²) in [6.07, 6.45) is 0.271. The Morgan fingerprint density at radius 3 is 2.62 bits per heavy atom. The summed E-state index contributed by atoms with van der Waals surface area (Å²) in [5.74, 6) is -1.79. The Hall–Kier alpha value is -3.14. The fraction of sp³-hybridized carbons (Fsp3) is 0.474. The van der Waals surface area contributed by atoms with Crippen LogP contribution in [0.2, 0.25) is 0 Å². The van der Waals surface area contributed by atoms with Gasteiger partial charge in [-0.25, -0.2) is 9.59 Å². The lowest BCUT2D eigenvalue weighted by Gasteiger charge is -2.25. The smallest absolute Gasteiger partial charge is 0.407 e. The van der Waals surface area contributed by atoms with Crippen LogP contribution in [0.5, 0.6) is 0 Å². The summed E-state index contributed by atoms with van der Waals surface area (Å²) >= 11 is 0. The molecule has 1 aromatic carbocycles. The molecule has 2 atom stereocenters. The number of carbonyl (C=O) groups excluding carboxylic acids is 4. The van der Waals surface area contributed by atoms with Gasteiger partial charge in [-0.1, -0.05) is 30.3 Å². The van der Waals surface area contributed by atoms with E-state index in [-0.39, 0.29) is 13.2 Å². The van der Waals surface area contributed by atoms with Crippen LogP contribution in [0.25, 0.3) is 0 Å². The Bertz CT molecular complexity index is 726. The lowest BCUT2D eigenvalue weighted by atomic mass is 10.2. The number of rotatable bonds is 8. The standard InChI is InChI=1S/C19H25N3O7/c1-28-18(26)14(11-23)21-17(25)15-8-5-9-22(15)16(24)10-20-19(27)29-12-13-6-3-2-4-7-13/h2-4,6-7,14-15,23H,5,8-12H2,1H3,(H,20,27)(H,21,25)/t14-,15+/m0/s1. The summed E-state index contributed by atoms with van der Waals surface area (Å²) in [4.78, 5) is 49.5. The first-order valence-electron chi connectivity index (χ1n) is 9.19. The number of nitrogens with one attached hydrogen (secondary N) is 2. The Labute approximate surface area is 168 Å². The van der Waals surface area contributed by atoms with Gasteiger partial charge >= 0.3 is 12.1 Å². The van der Waals surface area contributed by atoms with Gasteiger partial charge < -0.3 is 30.1 Å². The first-order valence-corrected chi connectivity index (χ1v) is 9.19. The van der Waals surface area contributed by atoms with Crippen LogP contribution in [0.15, 0.2) is 30.3 Å². The van der Waals surface area contributed by atoms with Crippen LogP contribution in [0, 0.1) is 0 Å². The van der Waals surface area contributed by atoms with Gasteiger partial charge in [-0.05, 0) is 18.4 Å². The molecule has 158 valence electrons. The third-order valence-corrected chi connectivity index (χ3v) is 4.46. The Morgan fingerprint density at radius 2 is 1.97 bits per heavy atom. The molecule has 0 radical (unpaired) electrons. The normalized spacial score (nSPS) is 16.6. The number of hydrogen-bond acceptors (Lipinski definition) is 7. The van der Waals surface area contributed by atoms with Gasteiger partial charge in [0.25, 0.3) is 0 Å². The first kappa shape index (κ1) is 22.2. The molecule has 0 bridgehead atoms. The number of amides is 3. The second-order valence-electron chi connectivity index (χ2n) is 6.43. The average molecular weight is 407 g/mol. The molecule has 1 saturated heterocycles. The fourth-order valence-electron chi connectivity index (χ4n) is 2.95. The Balaban J connectivity index is 1.81. The zero-order valence-electron chi connectivity index (χ0n) is 16.1. The second kappa shape index (κ2) is 11.0. The highest BCUT2D eigenvalue weighted by molar-refractivity contribution is 5.92. The van der Waals surface area contributed by atoms with Gasteiger partial charge in [0.1, 0.15) is 19.2 Å². The highest BCUT2D eigenvalue weighted by atomic mass is 16.5. The SMILES string of the molecule is COC(=O)[C@H](CO)NC(=O)[C@H]1CCCN1C(=O)CNC(=O)OCc1ccccc1. The molecule has 0 spiro atoms. The molecule has 1 aliphatic rings. The van der Waals surface area contributed by atoms with E-state index in [0.29, 0.717) is 19.4 Å². The lowest BCUT2D eigenvalue weighted by Crippen LogP contribution is -2.53. The van der Waals surface area contributed by atoms with Gasteiger partial charge in [-0.3, -0.25) is 9.59 Å². The molecule has 1 fully saturated rings. The van der Waals surface area contributed by atoms with Crippen molar-refractivity contribution in [2.75, 3.05) is 26.8 Å². The number of ether oxygens (including phenoxy) is 2. The molecule has 29 heavy (non-hydrogen) atoms. The van der Waals surface area contributed by atoms with E-state index in [2.05, 4.69) is 15.4 Å². The number of alkyl carbamates (subject to hydrolysis) is 1. The maximum atomic E-state index is 12.4. The van der Waals surface area contributed by atoms with Crippen LogP contribution in [0.4, 0.5) is 4.79 Å². The summed E-state index contributed by atoms with van der Waals surface area (Å²) in [5.41, 5.74) is 0.814. The van der Waals surface area contributed by atoms with Crippen LogP contribution >= 0.6 is 0 Å². The van der Waals surface area contributed by atoms with Crippen molar-refractivity contribution in [2.45, 2.75) is 31.5 Å². The quantitative estimate of drug-likeness (QED) is 0.497. The van der Waals surface area contributed by atoms with Gasteiger partial charge in [-0.15, -0.1) is 0 Å². The number of methoxy groups -OCH3 is 1. The van der Waals surface area contributed by atoms with Gasteiger partial charge in [-0.2, -0.15) is 0 Å². The summed E-state index contributed by atoms with van der Waals surface area (Å²) < 4.78 is 9.55. The number of aliphatic hydroxyl groups excluding tert-OH is 1. The average Bonchev–Trinajstić information content (AvgIpc) is 3.24. The van der Waals surface area contributed by atoms with E-state index in [4.69, 9.17) is 4.74 Å². The second-order valence-corrected chi connectivity index (χ2v) is 6.43. The van der Waals surface area contributed by atoms with Crippen molar-refractivity contribution in [3.8, 4) is 0 Å². The van der Waals surface area contributed by atoms with Gasteiger partial charge in [0.05, 0.1) is 13.7 Å². The molecule has 1 aromatic rings. The van der Waals surface area contributed by atoms with Crippen LogP contribution in [-0.4, -0.2) is 72.8 Å². The van der Waals surface area contributed by atoms with Crippen LogP contribution in [0.1, 0.15) is 18.4 Å². The Kier molecular flexibility index (Phi) is 8.41. The topological polar surface area (TPSA) is 134 Å². The van der Waals surface area contributed by atoms with E-state index < -0.39 is 42.6 Å². The molecule has 10 nitrogen and oxygen atoms in total. The fourth-order valence-corrected chi connectivity index (χ4v) is 2.95. The van der Waals surface area contributed by atoms with E-state index in [1.165, 1.54) is 4.90 Å². The van der Waals surface area contributed by atoms with Crippen LogP contribution in [-0.2, 0) is 30.5 Å². The summed E-state index contributed by atoms with van der Waals surface area (Å²) in [6, 6.07) is 7.11. The predicted molar refractivity (Wildman–Crippen MR) is 100 cm³/mol. The van der Waals surface area contributed by atoms with Crippen molar-refractivity contribution in [3.05, 3.63) is 35.9 Å². The molecule has 3 N–H and O–H groups in total. The highest BCUT2D eigenvalue weighted by Gasteiger charge is 2.35. The molecular formula is C19H25N3O7. The summed E-state index contributed by atoms with van der Waals surface area (Å²) in [6.45, 7) is -0.517. The van der Waals surface area contributed by atoms with Crippen molar-refractivity contribution in [3.63, 3.8) is 0 Å². The predicted octanol–water partition coefficient (Wildman–Crippen LogP) is -0.446. The van der Waals surface area contributed by atoms with Crippen molar-refractivity contribution in [1.82, 2.24) is 15.5 Å². The van der Waals surface area contributed by atoms with Gasteiger partial charge in [0.2, 0.25) is 11.8 Å². The lowest BCUT2D eigenvalue weighted by molar-refractivity contribution is -0.147. The minimum Gasteiger partial charge on any atom is -0.467 e. The maximum absolute atomic E-state index is 12.4. The van der Waals surface area contributed by atoms with Crippen LogP contribution < -0.4 is 10.6 Å². The van der Waals surface area contributed by atoms with Crippen LogP contribution in [0.3, 0.4) is 0 Å². The Morgan fingerprint density at radius 1 is 1.24 bits per heavy atom. The molecule has 3 amide bonds. The molecule has 0 saturated carbocycles. The highest BCUT2D eigenvalue weighted by Crippen LogP contribution is 2.17. The molecular weight excluding hydrogens is 382 g/mol. The number of nitrogens with zero attached hydrogens (tertiary/aromatic N) is 1. The van der Waals surface area contributed by atoms with E-state index in [9.17, 15) is 24.3 Å². The minimum absolute atomic E-state index is 0.0751. The maximum Gasteiger partial charge on any atom is 0.407 e. The number of aliphatic hydroxyl groups is 1. The van der Waals surface area contributed by atoms with Crippen molar-refractivity contribution in [1.29, 1.82) is 0 Å². The monoisotopic (exact) mass is 407 g/mol. The molecule has 1 heterocycles. The number of esters is 1. The zero-order chi connectivity index (χ0) is 21.2. The molecule has 2 rings (SSSR count). The number of hydrogen-bond donors (Lipinski definition) is 3. The largest absolute Gasteiger partial charge is 0.467 e. The minimum atomic E-state index is -1.20.